The van der Waals surface area contributed by atoms with Gasteiger partial charge in [-0.25, -0.2) is 4.79 Å². The van der Waals surface area contributed by atoms with Gasteiger partial charge in [0.15, 0.2) is 0 Å². The number of benzene rings is 1. The molecular formula is C18H20F3NO7. The average Bonchev–Trinajstić information content (AvgIpc) is 2.64. The Morgan fingerprint density at radius 1 is 1.10 bits per heavy atom. The Morgan fingerprint density at radius 3 is 2.24 bits per heavy atom. The van der Waals surface area contributed by atoms with Gasteiger partial charge in [0, 0.05) is 5.56 Å². The number of hydrogen-bond donors (Lipinski definition) is 2. The van der Waals surface area contributed by atoms with Crippen LogP contribution in [0.25, 0.3) is 0 Å². The molecule has 0 fully saturated rings. The summed E-state index contributed by atoms with van der Waals surface area (Å²) in [6.07, 6.45) is -5.41. The number of carboxylic acid groups (broad SMARTS) is 1. The summed E-state index contributed by atoms with van der Waals surface area (Å²) in [5.74, 6) is -6.45. The molecule has 0 aliphatic carbocycles. The molecule has 8 nitrogen and oxygen atoms in total. The number of carboxylic acids is 1. The van der Waals surface area contributed by atoms with E-state index in [0.29, 0.717) is 6.07 Å². The number of aliphatic carboxylic acids is 1. The van der Waals surface area contributed by atoms with Crippen LogP contribution in [0.1, 0.15) is 36.2 Å². The highest BCUT2D eigenvalue weighted by molar-refractivity contribution is 5.98. The monoisotopic (exact) mass is 419 g/mol. The van der Waals surface area contributed by atoms with Crippen LogP contribution in [0, 0.1) is 5.92 Å². The van der Waals surface area contributed by atoms with Gasteiger partial charge in [0.2, 0.25) is 0 Å². The lowest BCUT2D eigenvalue weighted by molar-refractivity contribution is -0.159. The minimum absolute atomic E-state index is 0.0251. The third-order valence-corrected chi connectivity index (χ3v) is 3.69. The molecule has 1 amide bonds. The Hall–Kier alpha value is -3.11. The molecule has 0 unspecified atom stereocenters. The Bertz CT molecular complexity index is 764. The molecule has 2 atom stereocenters. The Balaban J connectivity index is 3.15. The lowest BCUT2D eigenvalue weighted by Crippen LogP contribution is -2.49. The standard InChI is InChI=1S/C18H20F3NO7/c1-3-28-13(23)9-12(17(27)29-4-2)14(16(25)26)22-15(24)10-6-5-7-11(8-10)18(19,20)21/h5-8,12,14H,3-4,9H2,1-2H3,(H,22,24)(H,25,26)/t12-,14-/m1/s1. The highest BCUT2D eigenvalue weighted by atomic mass is 19.4. The zero-order valence-corrected chi connectivity index (χ0v) is 15.6. The number of carbonyl (C=O) groups excluding carboxylic acids is 3. The molecule has 160 valence electrons. The molecule has 0 radical (unpaired) electrons. The third-order valence-electron chi connectivity index (χ3n) is 3.69. The van der Waals surface area contributed by atoms with Crippen molar-refractivity contribution in [3.05, 3.63) is 35.4 Å². The fraction of sp³-hybridized carbons (Fsp3) is 0.444. The van der Waals surface area contributed by atoms with E-state index in [4.69, 9.17) is 9.47 Å². The van der Waals surface area contributed by atoms with Gasteiger partial charge in [0.1, 0.15) is 6.04 Å². The summed E-state index contributed by atoms with van der Waals surface area (Å²) in [6.45, 7) is 2.81. The van der Waals surface area contributed by atoms with E-state index in [1.54, 1.807) is 0 Å². The van der Waals surface area contributed by atoms with Gasteiger partial charge in [0.25, 0.3) is 5.91 Å². The average molecular weight is 419 g/mol. The van der Waals surface area contributed by atoms with Crippen molar-refractivity contribution < 1.29 is 46.9 Å². The second kappa shape index (κ2) is 10.4. The number of halogens is 3. The number of alkyl halides is 3. The van der Waals surface area contributed by atoms with E-state index in [1.165, 1.54) is 13.8 Å². The van der Waals surface area contributed by atoms with Crippen molar-refractivity contribution in [3.63, 3.8) is 0 Å². The number of carbonyl (C=O) groups is 4. The summed E-state index contributed by atoms with van der Waals surface area (Å²) in [5, 5.41) is 11.4. The van der Waals surface area contributed by atoms with E-state index in [9.17, 15) is 37.5 Å². The Labute approximate surface area is 164 Å². The molecule has 0 aliphatic heterocycles. The molecule has 11 heteroatoms. The highest BCUT2D eigenvalue weighted by Gasteiger charge is 2.38. The molecular weight excluding hydrogens is 399 g/mol. The van der Waals surface area contributed by atoms with Gasteiger partial charge in [-0.3, -0.25) is 14.4 Å². The van der Waals surface area contributed by atoms with E-state index in [2.05, 4.69) is 0 Å². The zero-order chi connectivity index (χ0) is 22.2. The van der Waals surface area contributed by atoms with E-state index in [-0.39, 0.29) is 13.2 Å². The number of amides is 1. The summed E-state index contributed by atoms with van der Waals surface area (Å²) in [6, 6.07) is 1.39. The van der Waals surface area contributed by atoms with Crippen LogP contribution in [-0.2, 0) is 30.0 Å². The fourth-order valence-corrected chi connectivity index (χ4v) is 2.38. The molecule has 0 heterocycles. The first kappa shape index (κ1) is 23.9. The third kappa shape index (κ3) is 7.09. The zero-order valence-electron chi connectivity index (χ0n) is 15.6. The lowest BCUT2D eigenvalue weighted by atomic mass is 9.95. The molecule has 1 aromatic rings. The Kier molecular flexibility index (Phi) is 8.61. The highest BCUT2D eigenvalue weighted by Crippen LogP contribution is 2.29. The van der Waals surface area contributed by atoms with Gasteiger partial charge in [-0.05, 0) is 32.0 Å². The summed E-state index contributed by atoms with van der Waals surface area (Å²) < 4.78 is 47.9. The van der Waals surface area contributed by atoms with E-state index in [1.807, 2.05) is 5.32 Å². The smallest absolute Gasteiger partial charge is 0.416 e. The van der Waals surface area contributed by atoms with Crippen molar-refractivity contribution >= 4 is 23.8 Å². The first-order valence-corrected chi connectivity index (χ1v) is 8.54. The maximum Gasteiger partial charge on any atom is 0.416 e. The van der Waals surface area contributed by atoms with Crippen molar-refractivity contribution in [2.45, 2.75) is 32.5 Å². The molecule has 2 N–H and O–H groups in total. The van der Waals surface area contributed by atoms with Gasteiger partial charge in [-0.1, -0.05) is 6.07 Å². The maximum atomic E-state index is 12.8. The van der Waals surface area contributed by atoms with E-state index in [0.717, 1.165) is 18.2 Å². The van der Waals surface area contributed by atoms with Crippen molar-refractivity contribution in [1.29, 1.82) is 0 Å². The second-order valence-corrected chi connectivity index (χ2v) is 5.74. The van der Waals surface area contributed by atoms with Gasteiger partial charge in [-0.15, -0.1) is 0 Å². The normalized spacial score (nSPS) is 13.1. The van der Waals surface area contributed by atoms with Gasteiger partial charge < -0.3 is 19.9 Å². The molecule has 0 saturated carbocycles. The van der Waals surface area contributed by atoms with Crippen LogP contribution < -0.4 is 5.32 Å². The molecule has 0 aliphatic rings. The number of rotatable bonds is 9. The molecule has 29 heavy (non-hydrogen) atoms. The summed E-state index contributed by atoms with van der Waals surface area (Å²) in [7, 11) is 0. The lowest BCUT2D eigenvalue weighted by Gasteiger charge is -2.23. The van der Waals surface area contributed by atoms with Crippen LogP contribution in [0.5, 0.6) is 0 Å². The molecule has 0 saturated heterocycles. The quantitative estimate of drug-likeness (QED) is 0.588. The van der Waals surface area contributed by atoms with E-state index < -0.39 is 59.5 Å². The van der Waals surface area contributed by atoms with Crippen molar-refractivity contribution in [2.75, 3.05) is 13.2 Å². The second-order valence-electron chi connectivity index (χ2n) is 5.74. The molecule has 1 rings (SSSR count). The first-order valence-electron chi connectivity index (χ1n) is 8.54. The van der Waals surface area contributed by atoms with Crippen molar-refractivity contribution in [1.82, 2.24) is 5.32 Å². The van der Waals surface area contributed by atoms with Crippen LogP contribution in [0.3, 0.4) is 0 Å². The minimum atomic E-state index is -4.71. The van der Waals surface area contributed by atoms with Crippen LogP contribution in [0.15, 0.2) is 24.3 Å². The molecule has 0 aromatic heterocycles. The van der Waals surface area contributed by atoms with Gasteiger partial charge >= 0.3 is 24.1 Å². The molecule has 0 bridgehead atoms. The van der Waals surface area contributed by atoms with Gasteiger partial charge in [0.05, 0.1) is 31.1 Å². The van der Waals surface area contributed by atoms with Crippen LogP contribution in [0.4, 0.5) is 13.2 Å². The maximum absolute atomic E-state index is 12.8. The number of nitrogens with one attached hydrogen (secondary N) is 1. The van der Waals surface area contributed by atoms with Crippen LogP contribution in [-0.4, -0.2) is 48.2 Å². The minimum Gasteiger partial charge on any atom is -0.480 e. The van der Waals surface area contributed by atoms with Crippen molar-refractivity contribution in [2.24, 2.45) is 5.92 Å². The molecule has 0 spiro atoms. The molecule has 1 aromatic carbocycles. The SMILES string of the molecule is CCOC(=O)C[C@@H](C(=O)OCC)[C@@H](NC(=O)c1cccc(C(F)(F)F)c1)C(=O)O. The predicted octanol–water partition coefficient (Wildman–Crippen LogP) is 2.02. The summed E-state index contributed by atoms with van der Waals surface area (Å²) in [5.41, 5.74) is -1.57. The van der Waals surface area contributed by atoms with Gasteiger partial charge in [-0.2, -0.15) is 13.2 Å². The van der Waals surface area contributed by atoms with E-state index >= 15 is 0 Å². The van der Waals surface area contributed by atoms with Crippen molar-refractivity contribution in [3.8, 4) is 0 Å². The predicted molar refractivity (Wildman–Crippen MR) is 91.7 cm³/mol. The topological polar surface area (TPSA) is 119 Å². The Morgan fingerprint density at radius 2 is 1.72 bits per heavy atom. The summed E-state index contributed by atoms with van der Waals surface area (Å²) in [4.78, 5) is 47.8. The fourth-order valence-electron chi connectivity index (χ4n) is 2.38. The number of ether oxygens (including phenoxy) is 2. The number of hydrogen-bond acceptors (Lipinski definition) is 6. The first-order chi connectivity index (χ1) is 13.5. The number of esters is 2. The largest absolute Gasteiger partial charge is 0.480 e. The van der Waals surface area contributed by atoms with Crippen LogP contribution in [0.2, 0.25) is 0 Å². The summed E-state index contributed by atoms with van der Waals surface area (Å²) >= 11 is 0. The van der Waals surface area contributed by atoms with Crippen LogP contribution >= 0.6 is 0 Å².